The van der Waals surface area contributed by atoms with Gasteiger partial charge < -0.3 is 11.1 Å². The third kappa shape index (κ3) is 2.51. The smallest absolute Gasteiger partial charge is 0.263 e. The third-order valence-corrected chi connectivity index (χ3v) is 3.99. The molecule has 6 heteroatoms. The van der Waals surface area contributed by atoms with Crippen LogP contribution in [0.4, 0.5) is 5.69 Å². The zero-order chi connectivity index (χ0) is 13.3. The Bertz CT molecular complexity index is 594. The van der Waals surface area contributed by atoms with Crippen LogP contribution in [0.5, 0.6) is 0 Å². The Kier molecular flexibility index (Phi) is 3.91. The minimum atomic E-state index is -0.109. The molecule has 0 aliphatic rings. The van der Waals surface area contributed by atoms with Crippen LogP contribution in [0.15, 0.2) is 12.4 Å². The van der Waals surface area contributed by atoms with Crippen molar-refractivity contribution in [2.75, 3.05) is 12.3 Å². The molecule has 0 fully saturated rings. The highest BCUT2D eigenvalue weighted by Crippen LogP contribution is 2.34. The molecule has 2 rings (SSSR count). The Morgan fingerprint density at radius 1 is 1.61 bits per heavy atom. The van der Waals surface area contributed by atoms with Gasteiger partial charge in [-0.2, -0.15) is 0 Å². The molecule has 2 radical (unpaired) electrons. The number of nitrogen functional groups attached to an aromatic ring is 1. The topological polar surface area (TPSA) is 68.0 Å². The van der Waals surface area contributed by atoms with Crippen molar-refractivity contribution >= 4 is 49.3 Å². The molecule has 18 heavy (non-hydrogen) atoms. The number of carbonyl (C=O) groups excluding carboxylic acids is 1. The number of amides is 1. The zero-order valence-corrected chi connectivity index (χ0v) is 12.3. The second-order valence-corrected chi connectivity index (χ2v) is 6.55. The van der Waals surface area contributed by atoms with Gasteiger partial charge in [0.1, 0.15) is 21.2 Å². The average molecular weight is 275 g/mol. The van der Waals surface area contributed by atoms with Crippen LogP contribution < -0.4 is 11.1 Å². The number of pyridine rings is 1. The Morgan fingerprint density at radius 2 is 2.33 bits per heavy atom. The van der Waals surface area contributed by atoms with E-state index in [9.17, 15) is 4.79 Å². The van der Waals surface area contributed by atoms with Crippen molar-refractivity contribution in [3.05, 3.63) is 22.8 Å². The van der Waals surface area contributed by atoms with Gasteiger partial charge in [-0.1, -0.05) is 11.7 Å². The molecule has 3 N–H and O–H groups in total. The van der Waals surface area contributed by atoms with Gasteiger partial charge in [0.25, 0.3) is 5.91 Å². The number of aryl methyl sites for hydroxylation is 1. The number of aromatic nitrogens is 1. The molecule has 0 aliphatic carbocycles. The Labute approximate surface area is 118 Å². The summed E-state index contributed by atoms with van der Waals surface area (Å²) in [4.78, 5) is 16.7. The quantitative estimate of drug-likeness (QED) is 0.841. The molecular weight excluding hydrogens is 261 g/mol. The number of hydrogen-bond donors (Lipinski definition) is 2. The van der Waals surface area contributed by atoms with Gasteiger partial charge in [-0.3, -0.25) is 9.78 Å². The minimum absolute atomic E-state index is 0.109. The maximum absolute atomic E-state index is 12.0. The van der Waals surface area contributed by atoms with Gasteiger partial charge in [-0.05, 0) is 12.5 Å². The van der Waals surface area contributed by atoms with Crippen molar-refractivity contribution in [1.29, 1.82) is 0 Å². The number of thiophene rings is 1. The molecule has 1 unspecified atom stereocenters. The summed E-state index contributed by atoms with van der Waals surface area (Å²) in [5, 5.41) is 3.81. The van der Waals surface area contributed by atoms with Crippen molar-refractivity contribution in [2.24, 2.45) is 0 Å². The molecule has 0 spiro atoms. The summed E-state index contributed by atoms with van der Waals surface area (Å²) >= 11 is 4.04. The van der Waals surface area contributed by atoms with E-state index < -0.39 is 0 Å². The summed E-state index contributed by atoms with van der Waals surface area (Å²) in [6.45, 7) is 4.59. The summed E-state index contributed by atoms with van der Waals surface area (Å²) in [5.74, 6) is -0.109. The van der Waals surface area contributed by atoms with E-state index in [1.54, 1.807) is 12.4 Å². The molecule has 1 amide bonds. The maximum atomic E-state index is 12.0. The standard InChI is InChI=1S/C12H14N3OS.Al/c1-3-4-15-12(16)11-10(13)9-7(2)5-14-6-8(9)17-11;/h3,5-6H,4,13H2,1-2H3,(H,15,16);. The molecule has 1 atom stereocenters. The van der Waals surface area contributed by atoms with E-state index >= 15 is 0 Å². The van der Waals surface area contributed by atoms with E-state index in [1.807, 2.05) is 13.8 Å². The minimum Gasteiger partial charge on any atom is -0.397 e. The van der Waals surface area contributed by atoms with Crippen LogP contribution in [-0.4, -0.2) is 33.7 Å². The molecule has 0 saturated carbocycles. The van der Waals surface area contributed by atoms with Gasteiger partial charge in [0.2, 0.25) is 0 Å². The van der Waals surface area contributed by atoms with Crippen LogP contribution >= 0.6 is 11.3 Å². The van der Waals surface area contributed by atoms with Gasteiger partial charge in [-0.25, -0.2) is 0 Å². The first-order chi connectivity index (χ1) is 8.50. The lowest BCUT2D eigenvalue weighted by molar-refractivity contribution is 0.0958. The molecule has 0 bridgehead atoms. The van der Waals surface area contributed by atoms with E-state index in [0.29, 0.717) is 21.9 Å². The van der Waals surface area contributed by atoms with Crippen LogP contribution in [0.1, 0.15) is 22.2 Å². The molecular formula is C12H14AlN3OS. The number of nitrogens with two attached hydrogens (primary N) is 1. The van der Waals surface area contributed by atoms with Crippen molar-refractivity contribution < 1.29 is 4.79 Å². The first-order valence-corrected chi connectivity index (χ1v) is 7.15. The van der Waals surface area contributed by atoms with Gasteiger partial charge in [0, 0.05) is 24.3 Å². The van der Waals surface area contributed by atoms with E-state index in [0.717, 1.165) is 15.6 Å². The molecule has 0 saturated heterocycles. The van der Waals surface area contributed by atoms with Crippen LogP contribution in [-0.2, 0) is 0 Å². The van der Waals surface area contributed by atoms with Crippen LogP contribution in [0.3, 0.4) is 0 Å². The lowest BCUT2D eigenvalue weighted by Crippen LogP contribution is -2.26. The lowest BCUT2D eigenvalue weighted by Gasteiger charge is -2.07. The Morgan fingerprint density at radius 3 is 2.94 bits per heavy atom. The Balaban J connectivity index is 2.37. The van der Waals surface area contributed by atoms with E-state index in [-0.39, 0.29) is 5.91 Å². The van der Waals surface area contributed by atoms with E-state index in [2.05, 4.69) is 26.6 Å². The highest BCUT2D eigenvalue weighted by molar-refractivity contribution is 7.21. The fraction of sp³-hybridized carbons (Fsp3) is 0.333. The number of nitrogens with one attached hydrogen (secondary N) is 1. The van der Waals surface area contributed by atoms with Crippen LogP contribution in [0, 0.1) is 6.92 Å². The normalized spacial score (nSPS) is 12.6. The monoisotopic (exact) mass is 275 g/mol. The van der Waals surface area contributed by atoms with Crippen LogP contribution in [0.25, 0.3) is 10.1 Å². The molecule has 2 aromatic rings. The SMILES string of the molecule is Cc1cncc2sc(C(=O)NC[CH](C)[Al])c(N)c12. The van der Waals surface area contributed by atoms with Gasteiger partial charge >= 0.3 is 0 Å². The number of nitrogens with zero attached hydrogens (tertiary/aromatic N) is 1. The number of fused-ring (bicyclic) bond motifs is 1. The molecule has 92 valence electrons. The predicted octanol–water partition coefficient (Wildman–Crippen LogP) is 1.89. The number of anilines is 1. The number of rotatable bonds is 3. The van der Waals surface area contributed by atoms with Gasteiger partial charge in [-0.15, -0.1) is 11.3 Å². The van der Waals surface area contributed by atoms with E-state index in [4.69, 9.17) is 5.73 Å². The second-order valence-electron chi connectivity index (χ2n) is 4.36. The zero-order valence-electron chi connectivity index (χ0n) is 10.4. The number of carbonyl (C=O) groups is 1. The van der Waals surface area contributed by atoms with E-state index in [1.165, 1.54) is 11.3 Å². The van der Waals surface area contributed by atoms with Crippen LogP contribution in [0.2, 0.25) is 4.78 Å². The number of hydrogen-bond acceptors (Lipinski definition) is 4. The molecule has 2 aromatic heterocycles. The molecule has 4 nitrogen and oxygen atoms in total. The first-order valence-electron chi connectivity index (χ1n) is 5.67. The van der Waals surface area contributed by atoms with Gasteiger partial charge in [0.05, 0.1) is 10.4 Å². The lowest BCUT2D eigenvalue weighted by atomic mass is 10.1. The fourth-order valence-corrected chi connectivity index (χ4v) is 2.95. The van der Waals surface area contributed by atoms with Crippen molar-refractivity contribution in [1.82, 2.24) is 10.3 Å². The summed E-state index contributed by atoms with van der Waals surface area (Å²) in [5.41, 5.74) is 7.62. The Hall–Kier alpha value is -1.09. The second kappa shape index (κ2) is 5.27. The summed E-state index contributed by atoms with van der Waals surface area (Å²) in [6, 6.07) is 0. The maximum Gasteiger partial charge on any atom is 0.263 e. The third-order valence-electron chi connectivity index (χ3n) is 2.62. The summed E-state index contributed by atoms with van der Waals surface area (Å²) in [6.07, 6.45) is 3.51. The highest BCUT2D eigenvalue weighted by atomic mass is 32.1. The largest absolute Gasteiger partial charge is 0.397 e. The highest BCUT2D eigenvalue weighted by Gasteiger charge is 2.17. The molecule has 0 aromatic carbocycles. The first kappa shape index (κ1) is 13.3. The average Bonchev–Trinajstić information content (AvgIpc) is 2.65. The van der Waals surface area contributed by atoms with Gasteiger partial charge in [0.15, 0.2) is 0 Å². The van der Waals surface area contributed by atoms with Crippen molar-refractivity contribution in [3.8, 4) is 0 Å². The van der Waals surface area contributed by atoms with Crippen molar-refractivity contribution in [3.63, 3.8) is 0 Å². The fourth-order valence-electron chi connectivity index (χ4n) is 1.74. The molecule has 0 aliphatic heterocycles. The summed E-state index contributed by atoms with van der Waals surface area (Å²) < 4.78 is 1.30. The molecule has 2 heterocycles. The van der Waals surface area contributed by atoms with Crippen molar-refractivity contribution in [2.45, 2.75) is 18.6 Å². The summed E-state index contributed by atoms with van der Waals surface area (Å²) in [7, 11) is 0. The predicted molar refractivity (Wildman–Crippen MR) is 76.3 cm³/mol.